The molecule has 2 aliphatic carbocycles. The third kappa shape index (κ3) is 3.96. The summed E-state index contributed by atoms with van der Waals surface area (Å²) < 4.78 is 34.2. The summed E-state index contributed by atoms with van der Waals surface area (Å²) in [5, 5.41) is 0.991. The van der Waals surface area contributed by atoms with Gasteiger partial charge in [-0.2, -0.15) is 0 Å². The fourth-order valence-corrected chi connectivity index (χ4v) is 5.85. The summed E-state index contributed by atoms with van der Waals surface area (Å²) in [6, 6.07) is 7.75. The van der Waals surface area contributed by atoms with E-state index in [-0.39, 0.29) is 17.6 Å². The van der Waals surface area contributed by atoms with E-state index in [9.17, 15) is 13.6 Å². The third-order valence-corrected chi connectivity index (χ3v) is 7.79. The molecule has 2 aromatic carbocycles. The number of H-pyrrole nitrogens is 1. The lowest BCUT2D eigenvalue weighted by molar-refractivity contribution is 0.0910. The van der Waals surface area contributed by atoms with E-state index in [4.69, 9.17) is 10.5 Å². The first-order valence-corrected chi connectivity index (χ1v) is 12.2. The topological polar surface area (TPSA) is 71.4 Å². The minimum Gasteiger partial charge on any atom is -0.489 e. The van der Waals surface area contributed by atoms with E-state index in [2.05, 4.69) is 9.88 Å². The number of rotatable bonds is 6. The molecule has 7 heteroatoms. The second-order valence-electron chi connectivity index (χ2n) is 10.2. The molecule has 178 valence electrons. The molecule has 34 heavy (non-hydrogen) atoms. The first-order chi connectivity index (χ1) is 16.5. The van der Waals surface area contributed by atoms with Gasteiger partial charge in [0.05, 0.1) is 0 Å². The molecule has 3 aromatic rings. The van der Waals surface area contributed by atoms with Crippen LogP contribution in [0.1, 0.15) is 46.4 Å². The number of hydrogen-bond donors (Lipinski definition) is 2. The lowest BCUT2D eigenvalue weighted by atomic mass is 9.85. The average Bonchev–Trinajstić information content (AvgIpc) is 3.57. The number of nitrogens with zero attached hydrogens (tertiary/aromatic N) is 1. The minimum atomic E-state index is -0.555. The number of nitrogens with one attached hydrogen (secondary N) is 1. The van der Waals surface area contributed by atoms with Gasteiger partial charge in [0.25, 0.3) is 0 Å². The number of amides is 1. The number of halogens is 2. The number of carbonyl (C=O) groups excluding carboxylic acids is 1. The van der Waals surface area contributed by atoms with Gasteiger partial charge in [-0.15, -0.1) is 0 Å². The van der Waals surface area contributed by atoms with Crippen molar-refractivity contribution in [1.82, 2.24) is 9.88 Å². The van der Waals surface area contributed by atoms with Crippen molar-refractivity contribution >= 4 is 16.8 Å². The van der Waals surface area contributed by atoms with E-state index in [1.54, 1.807) is 6.07 Å². The lowest BCUT2D eigenvalue weighted by Crippen LogP contribution is -2.47. The van der Waals surface area contributed by atoms with Gasteiger partial charge in [0.15, 0.2) is 11.6 Å². The highest BCUT2D eigenvalue weighted by molar-refractivity contribution is 5.95. The van der Waals surface area contributed by atoms with Gasteiger partial charge in [-0.05, 0) is 86.3 Å². The fraction of sp³-hybridized carbons (Fsp3) is 0.444. The molecule has 0 unspecified atom stereocenters. The molecule has 0 bridgehead atoms. The molecular weight excluding hydrogens is 436 g/mol. The van der Waals surface area contributed by atoms with Gasteiger partial charge in [-0.25, -0.2) is 8.78 Å². The maximum Gasteiger partial charge on any atom is 0.249 e. The van der Waals surface area contributed by atoms with Crippen molar-refractivity contribution in [3.8, 4) is 5.75 Å². The van der Waals surface area contributed by atoms with Crippen LogP contribution in [0, 0.1) is 23.5 Å². The summed E-state index contributed by atoms with van der Waals surface area (Å²) in [4.78, 5) is 18.0. The molecule has 1 aliphatic heterocycles. The van der Waals surface area contributed by atoms with Gasteiger partial charge >= 0.3 is 0 Å². The molecule has 1 saturated carbocycles. The Bertz CT molecular complexity index is 1270. The Morgan fingerprint density at radius 3 is 2.68 bits per heavy atom. The van der Waals surface area contributed by atoms with Gasteiger partial charge < -0.3 is 15.5 Å². The van der Waals surface area contributed by atoms with Crippen LogP contribution in [0.3, 0.4) is 0 Å². The van der Waals surface area contributed by atoms with E-state index >= 15 is 0 Å². The summed E-state index contributed by atoms with van der Waals surface area (Å²) in [7, 11) is 0. The van der Waals surface area contributed by atoms with E-state index in [1.165, 1.54) is 42.3 Å². The quantitative estimate of drug-likeness (QED) is 0.568. The maximum absolute atomic E-state index is 14.4. The number of ether oxygens (including phenoxy) is 1. The number of aromatic nitrogens is 1. The molecule has 2 heterocycles. The summed E-state index contributed by atoms with van der Waals surface area (Å²) >= 11 is 0. The molecule has 1 aromatic heterocycles. The number of aryl methyl sites for hydroxylation is 1. The number of carbonyl (C=O) groups is 1. The average molecular weight is 466 g/mol. The van der Waals surface area contributed by atoms with Crippen molar-refractivity contribution in [3.63, 3.8) is 0 Å². The van der Waals surface area contributed by atoms with Gasteiger partial charge in [-0.3, -0.25) is 9.69 Å². The van der Waals surface area contributed by atoms with Crippen molar-refractivity contribution in [1.29, 1.82) is 0 Å². The van der Waals surface area contributed by atoms with Crippen LogP contribution >= 0.6 is 0 Å². The zero-order valence-corrected chi connectivity index (χ0v) is 19.1. The number of aromatic amines is 1. The Balaban J connectivity index is 1.25. The highest BCUT2D eigenvalue weighted by Crippen LogP contribution is 2.37. The van der Waals surface area contributed by atoms with Crippen LogP contribution in [-0.4, -0.2) is 41.5 Å². The summed E-state index contributed by atoms with van der Waals surface area (Å²) in [5.41, 5.74) is 9.97. The van der Waals surface area contributed by atoms with Crippen molar-refractivity contribution in [3.05, 3.63) is 64.4 Å². The predicted molar refractivity (Wildman–Crippen MR) is 126 cm³/mol. The molecule has 3 aliphatic rings. The molecule has 5 nitrogen and oxygen atoms in total. The summed E-state index contributed by atoms with van der Waals surface area (Å²) in [6.45, 7) is 2.29. The van der Waals surface area contributed by atoms with E-state index in [0.717, 1.165) is 43.3 Å². The summed E-state index contributed by atoms with van der Waals surface area (Å²) in [5.74, 6) is 0.0902. The molecule has 1 amide bonds. The van der Waals surface area contributed by atoms with Gasteiger partial charge in [0, 0.05) is 46.9 Å². The Morgan fingerprint density at radius 2 is 1.88 bits per heavy atom. The zero-order chi connectivity index (χ0) is 23.4. The molecule has 1 fully saturated rings. The SMILES string of the molecule is NC(=O)c1ccc(F)c2c1C[C@@H](N(CC1CC1)C[C@@H]1CCc3[nH]c4ccc(F)cc4c3C1)CO2. The number of nitrogens with two attached hydrogens (primary N) is 1. The van der Waals surface area contributed by atoms with Crippen molar-refractivity contribution in [2.45, 2.75) is 44.6 Å². The van der Waals surface area contributed by atoms with E-state index in [0.29, 0.717) is 36.0 Å². The van der Waals surface area contributed by atoms with Crippen molar-refractivity contribution in [2.75, 3.05) is 19.7 Å². The monoisotopic (exact) mass is 465 g/mol. The molecule has 2 atom stereocenters. The van der Waals surface area contributed by atoms with Crippen LogP contribution < -0.4 is 10.5 Å². The fourth-order valence-electron chi connectivity index (χ4n) is 5.85. The molecular formula is C27H29F2N3O2. The van der Waals surface area contributed by atoms with Gasteiger partial charge in [0.1, 0.15) is 12.4 Å². The molecule has 6 rings (SSSR count). The Labute approximate surface area is 197 Å². The molecule has 0 radical (unpaired) electrons. The highest BCUT2D eigenvalue weighted by atomic mass is 19.1. The van der Waals surface area contributed by atoms with Crippen LogP contribution in [0.4, 0.5) is 8.78 Å². The standard InChI is InChI=1S/C27H29F2N3O2/c28-17-4-8-25-21(10-17)20-9-16(3-7-24(20)31-25)13-32(12-15-1-2-15)18-11-22-19(27(30)33)5-6-23(29)26(22)34-14-18/h4-6,8,10,15-16,18,31H,1-3,7,9,11-14H2,(H2,30,33)/t16-,18-/m1/s1. The van der Waals surface area contributed by atoms with E-state index < -0.39 is 11.7 Å². The largest absolute Gasteiger partial charge is 0.489 e. The maximum atomic E-state index is 14.4. The minimum absolute atomic E-state index is 0.0646. The number of primary amides is 1. The number of hydrogen-bond acceptors (Lipinski definition) is 3. The van der Waals surface area contributed by atoms with E-state index in [1.807, 2.05) is 6.07 Å². The first kappa shape index (κ1) is 21.6. The van der Waals surface area contributed by atoms with Crippen LogP contribution in [-0.2, 0) is 19.3 Å². The Kier molecular flexibility index (Phi) is 5.32. The number of fused-ring (bicyclic) bond motifs is 4. The molecule has 0 saturated heterocycles. The Hall–Kier alpha value is -2.93. The second-order valence-corrected chi connectivity index (χ2v) is 10.2. The summed E-state index contributed by atoms with van der Waals surface area (Å²) in [6.07, 6.45) is 5.94. The van der Waals surface area contributed by atoms with Crippen LogP contribution in [0.25, 0.3) is 10.9 Å². The number of benzene rings is 2. The predicted octanol–water partition coefficient (Wildman–Crippen LogP) is 4.37. The molecule has 3 N–H and O–H groups in total. The normalized spacial score (nSPS) is 21.9. The second kappa shape index (κ2) is 8.38. The van der Waals surface area contributed by atoms with Crippen molar-refractivity contribution in [2.24, 2.45) is 17.6 Å². The molecule has 0 spiro atoms. The lowest BCUT2D eigenvalue weighted by Gasteiger charge is -2.38. The highest BCUT2D eigenvalue weighted by Gasteiger charge is 2.35. The Morgan fingerprint density at radius 1 is 1.06 bits per heavy atom. The van der Waals surface area contributed by atoms with Crippen molar-refractivity contribution < 1.29 is 18.3 Å². The first-order valence-electron chi connectivity index (χ1n) is 12.2. The van der Waals surface area contributed by atoms with Gasteiger partial charge in [0.2, 0.25) is 5.91 Å². The smallest absolute Gasteiger partial charge is 0.249 e. The third-order valence-electron chi connectivity index (χ3n) is 7.79. The van der Waals surface area contributed by atoms with Crippen LogP contribution in [0.15, 0.2) is 30.3 Å². The van der Waals surface area contributed by atoms with Gasteiger partial charge in [-0.1, -0.05) is 0 Å². The van der Waals surface area contributed by atoms with Crippen LogP contribution in [0.2, 0.25) is 0 Å². The van der Waals surface area contributed by atoms with Crippen LogP contribution in [0.5, 0.6) is 5.75 Å². The zero-order valence-electron chi connectivity index (χ0n) is 19.1.